The molecule has 0 bridgehead atoms. The van der Waals surface area contributed by atoms with Gasteiger partial charge in [-0.05, 0) is 12.5 Å². The summed E-state index contributed by atoms with van der Waals surface area (Å²) in [6, 6.07) is 8.36. The second-order valence-electron chi connectivity index (χ2n) is 3.27. The molecule has 2 heteroatoms. The van der Waals surface area contributed by atoms with Gasteiger partial charge in [0, 0.05) is 12.6 Å². The van der Waals surface area contributed by atoms with Crippen LogP contribution in [0.2, 0.25) is 0 Å². The molecule has 70 valence electrons. The molecule has 0 radical (unpaired) electrons. The van der Waals surface area contributed by atoms with E-state index in [2.05, 4.69) is 47.3 Å². The highest BCUT2D eigenvalue weighted by Crippen LogP contribution is 2.17. The topological polar surface area (TPSA) is 24.7 Å². The van der Waals surface area contributed by atoms with E-state index in [1.165, 1.54) is 5.56 Å². The Hall–Kier alpha value is -1.70. The third kappa shape index (κ3) is 1.96. The van der Waals surface area contributed by atoms with E-state index in [4.69, 9.17) is 0 Å². The van der Waals surface area contributed by atoms with Gasteiger partial charge < -0.3 is 0 Å². The Morgan fingerprint density at radius 1 is 1.14 bits per heavy atom. The van der Waals surface area contributed by atoms with Crippen molar-refractivity contribution in [2.45, 2.75) is 13.3 Å². The normalized spacial score (nSPS) is 15.1. The first-order chi connectivity index (χ1) is 6.86. The van der Waals surface area contributed by atoms with Gasteiger partial charge in [-0.3, -0.25) is 0 Å². The molecule has 14 heavy (non-hydrogen) atoms. The Balaban J connectivity index is 2.31. The second-order valence-corrected chi connectivity index (χ2v) is 3.27. The molecule has 0 atom stereocenters. The predicted molar refractivity (Wildman–Crippen MR) is 60.8 cm³/mol. The van der Waals surface area contributed by atoms with Crippen LogP contribution in [0.25, 0.3) is 5.70 Å². The van der Waals surface area contributed by atoms with Gasteiger partial charge in [0.1, 0.15) is 6.34 Å². The van der Waals surface area contributed by atoms with Crippen molar-refractivity contribution in [3.05, 3.63) is 41.5 Å². The lowest BCUT2D eigenvalue weighted by Crippen LogP contribution is -1.81. The number of aliphatic imine (C=N–C) groups is 2. The highest BCUT2D eigenvalue weighted by molar-refractivity contribution is 5.82. The first kappa shape index (κ1) is 8.88. The summed E-state index contributed by atoms with van der Waals surface area (Å²) in [5, 5.41) is 0. The molecule has 1 aliphatic rings. The Morgan fingerprint density at radius 3 is 2.71 bits per heavy atom. The van der Waals surface area contributed by atoms with E-state index >= 15 is 0 Å². The molecule has 1 heterocycles. The van der Waals surface area contributed by atoms with Gasteiger partial charge in [-0.1, -0.05) is 35.9 Å². The van der Waals surface area contributed by atoms with Crippen LogP contribution in [0.15, 0.2) is 40.3 Å². The number of hydrogen-bond donors (Lipinski definition) is 0. The van der Waals surface area contributed by atoms with E-state index in [9.17, 15) is 0 Å². The molecule has 1 aliphatic heterocycles. The van der Waals surface area contributed by atoms with E-state index < -0.39 is 0 Å². The maximum atomic E-state index is 4.26. The summed E-state index contributed by atoms with van der Waals surface area (Å²) in [6.45, 7) is 2.08. The lowest BCUT2D eigenvalue weighted by Gasteiger charge is -2.00. The average Bonchev–Trinajstić information content (AvgIpc) is 2.47. The fourth-order valence-electron chi connectivity index (χ4n) is 1.34. The minimum absolute atomic E-state index is 0.850. The Labute approximate surface area is 83.7 Å². The van der Waals surface area contributed by atoms with Crippen LogP contribution in [0.4, 0.5) is 0 Å². The lowest BCUT2D eigenvalue weighted by atomic mass is 10.1. The van der Waals surface area contributed by atoms with Crippen molar-refractivity contribution >= 4 is 18.3 Å². The molecule has 0 fully saturated rings. The van der Waals surface area contributed by atoms with Crippen molar-refractivity contribution in [1.82, 2.24) is 0 Å². The van der Waals surface area contributed by atoms with Crippen molar-refractivity contribution < 1.29 is 0 Å². The van der Waals surface area contributed by atoms with Crippen LogP contribution < -0.4 is 0 Å². The van der Waals surface area contributed by atoms with E-state index in [-0.39, 0.29) is 0 Å². The predicted octanol–water partition coefficient (Wildman–Crippen LogP) is 2.84. The lowest BCUT2D eigenvalue weighted by molar-refractivity contribution is 1.41. The summed E-state index contributed by atoms with van der Waals surface area (Å²) in [6.07, 6.45) is 6.38. The van der Waals surface area contributed by atoms with Crippen LogP contribution in [-0.2, 0) is 0 Å². The van der Waals surface area contributed by atoms with Gasteiger partial charge in [-0.15, -0.1) is 0 Å². The largest absolute Gasteiger partial charge is 0.249 e. The molecule has 0 unspecified atom stereocenters. The van der Waals surface area contributed by atoms with Gasteiger partial charge in [0.15, 0.2) is 0 Å². The molecule has 1 aromatic rings. The molecule has 0 spiro atoms. The number of allylic oxidation sites excluding steroid dienone is 1. The zero-order valence-corrected chi connectivity index (χ0v) is 8.14. The molecule has 0 saturated carbocycles. The molecule has 0 aromatic heterocycles. The minimum atomic E-state index is 0.850. The smallest absolute Gasteiger partial charge is 0.115 e. The minimum Gasteiger partial charge on any atom is -0.249 e. The van der Waals surface area contributed by atoms with Crippen LogP contribution >= 0.6 is 0 Å². The highest BCUT2D eigenvalue weighted by atomic mass is 14.9. The van der Waals surface area contributed by atoms with E-state index in [1.807, 2.05) is 6.21 Å². The molecular weight excluding hydrogens is 172 g/mol. The first-order valence-corrected chi connectivity index (χ1v) is 4.67. The second kappa shape index (κ2) is 4.01. The van der Waals surface area contributed by atoms with Gasteiger partial charge in [0.25, 0.3) is 0 Å². The van der Waals surface area contributed by atoms with Gasteiger partial charge in [0.05, 0.1) is 5.70 Å². The quantitative estimate of drug-likeness (QED) is 0.641. The Bertz CT molecular complexity index is 397. The standard InChI is InChI=1S/C12H12N2/c1-10-4-6-11(7-5-10)12-3-2-8-13-9-14-12/h3-9H,2H2,1H3. The zero-order valence-electron chi connectivity index (χ0n) is 8.14. The van der Waals surface area contributed by atoms with E-state index in [0.717, 1.165) is 17.7 Å². The summed E-state index contributed by atoms with van der Waals surface area (Å²) in [5.74, 6) is 0. The molecule has 0 saturated heterocycles. The molecule has 0 N–H and O–H groups in total. The van der Waals surface area contributed by atoms with Gasteiger partial charge >= 0.3 is 0 Å². The summed E-state index contributed by atoms with van der Waals surface area (Å²) in [4.78, 5) is 8.26. The molecule has 1 aromatic carbocycles. The van der Waals surface area contributed by atoms with E-state index in [0.29, 0.717) is 0 Å². The summed E-state index contributed by atoms with van der Waals surface area (Å²) in [5.41, 5.74) is 3.42. The number of benzene rings is 1. The van der Waals surface area contributed by atoms with Crippen LogP contribution in [0.1, 0.15) is 17.5 Å². The van der Waals surface area contributed by atoms with Crippen molar-refractivity contribution in [3.63, 3.8) is 0 Å². The van der Waals surface area contributed by atoms with Crippen molar-refractivity contribution in [2.75, 3.05) is 0 Å². The number of nitrogens with zero attached hydrogens (tertiary/aromatic N) is 2. The van der Waals surface area contributed by atoms with Crippen LogP contribution in [0.5, 0.6) is 0 Å². The molecule has 0 amide bonds. The third-order valence-corrected chi connectivity index (χ3v) is 2.13. The molecule has 2 nitrogen and oxygen atoms in total. The maximum Gasteiger partial charge on any atom is 0.115 e. The fraction of sp³-hybridized carbons (Fsp3) is 0.167. The molecule has 2 rings (SSSR count). The Morgan fingerprint density at radius 2 is 1.93 bits per heavy atom. The summed E-state index contributed by atoms with van der Waals surface area (Å²) >= 11 is 0. The SMILES string of the molecule is Cc1ccc(C2=CCC=NC=N2)cc1. The fourth-order valence-corrected chi connectivity index (χ4v) is 1.34. The highest BCUT2D eigenvalue weighted by Gasteiger charge is 1.99. The number of hydrogen-bond acceptors (Lipinski definition) is 2. The number of aryl methyl sites for hydroxylation is 1. The first-order valence-electron chi connectivity index (χ1n) is 4.67. The van der Waals surface area contributed by atoms with E-state index in [1.54, 1.807) is 6.34 Å². The van der Waals surface area contributed by atoms with Crippen molar-refractivity contribution in [1.29, 1.82) is 0 Å². The zero-order chi connectivity index (χ0) is 9.80. The van der Waals surface area contributed by atoms with Crippen LogP contribution in [-0.4, -0.2) is 12.6 Å². The Kier molecular flexibility index (Phi) is 2.54. The van der Waals surface area contributed by atoms with Crippen molar-refractivity contribution in [2.24, 2.45) is 9.98 Å². The molecular formula is C12H12N2. The van der Waals surface area contributed by atoms with Crippen LogP contribution in [0, 0.1) is 6.92 Å². The van der Waals surface area contributed by atoms with Crippen molar-refractivity contribution in [3.8, 4) is 0 Å². The van der Waals surface area contributed by atoms with Gasteiger partial charge in [-0.25, -0.2) is 9.98 Å². The summed E-state index contributed by atoms with van der Waals surface area (Å²) < 4.78 is 0. The maximum absolute atomic E-state index is 4.26. The summed E-state index contributed by atoms with van der Waals surface area (Å²) in [7, 11) is 0. The number of rotatable bonds is 1. The van der Waals surface area contributed by atoms with Gasteiger partial charge in [0.2, 0.25) is 0 Å². The third-order valence-electron chi connectivity index (χ3n) is 2.13. The van der Waals surface area contributed by atoms with Gasteiger partial charge in [-0.2, -0.15) is 0 Å². The molecule has 0 aliphatic carbocycles. The average molecular weight is 184 g/mol. The monoisotopic (exact) mass is 184 g/mol. The van der Waals surface area contributed by atoms with Crippen LogP contribution in [0.3, 0.4) is 0 Å².